The Bertz CT molecular complexity index is 961. The van der Waals surface area contributed by atoms with Crippen LogP contribution in [0.5, 0.6) is 0 Å². The summed E-state index contributed by atoms with van der Waals surface area (Å²) in [6, 6.07) is 16.6. The lowest BCUT2D eigenvalue weighted by Crippen LogP contribution is -2.35. The first-order valence-corrected chi connectivity index (χ1v) is 11.0. The number of benzene rings is 2. The molecule has 0 unspecified atom stereocenters. The Morgan fingerprint density at radius 3 is 2.48 bits per heavy atom. The van der Waals surface area contributed by atoms with Gasteiger partial charge in [0.05, 0.1) is 17.9 Å². The van der Waals surface area contributed by atoms with Gasteiger partial charge in [-0.05, 0) is 43.2 Å². The molecule has 1 saturated heterocycles. The molecule has 31 heavy (non-hydrogen) atoms. The second-order valence-electron chi connectivity index (χ2n) is 6.87. The van der Waals surface area contributed by atoms with Gasteiger partial charge in [-0.2, -0.15) is 0 Å². The molecule has 0 saturated carbocycles. The molecule has 0 radical (unpaired) electrons. The van der Waals surface area contributed by atoms with E-state index >= 15 is 0 Å². The fourth-order valence-corrected chi connectivity index (χ4v) is 4.27. The Kier molecular flexibility index (Phi) is 7.83. The fourth-order valence-electron chi connectivity index (χ4n) is 3.08. The standard InChI is InChI=1S/C23H25N3O4S/c1-3-30-22(29)17-9-11-18(12-10-17)25-23-26(14-13-16-7-5-4-6-8-16)21(28)19(31-23)15-20(27)24-2/h4-12,19H,3,13-15H2,1-2H3,(H,24,27)/t19-/m0/s1. The molecule has 0 bridgehead atoms. The number of aliphatic imine (C=N–C) groups is 1. The Hall–Kier alpha value is -3.13. The van der Waals surface area contributed by atoms with Crippen LogP contribution in [0.1, 0.15) is 29.3 Å². The summed E-state index contributed by atoms with van der Waals surface area (Å²) >= 11 is 1.29. The van der Waals surface area contributed by atoms with E-state index in [1.54, 1.807) is 43.1 Å². The van der Waals surface area contributed by atoms with Crippen molar-refractivity contribution in [2.45, 2.75) is 25.0 Å². The molecular formula is C23H25N3O4S. The SMILES string of the molecule is CCOC(=O)c1ccc(N=C2S[C@@H](CC(=O)NC)C(=O)N2CCc2ccccc2)cc1. The topological polar surface area (TPSA) is 88.1 Å². The summed E-state index contributed by atoms with van der Waals surface area (Å²) < 4.78 is 5.00. The number of carbonyl (C=O) groups excluding carboxylic acids is 3. The van der Waals surface area contributed by atoms with Gasteiger partial charge in [0.1, 0.15) is 5.25 Å². The first-order chi connectivity index (χ1) is 15.0. The second kappa shape index (κ2) is 10.8. The zero-order valence-electron chi connectivity index (χ0n) is 17.5. The molecule has 3 rings (SSSR count). The molecule has 162 valence electrons. The highest BCUT2D eigenvalue weighted by Gasteiger charge is 2.38. The maximum Gasteiger partial charge on any atom is 0.338 e. The van der Waals surface area contributed by atoms with Crippen LogP contribution in [-0.2, 0) is 20.7 Å². The Balaban J connectivity index is 1.80. The van der Waals surface area contributed by atoms with E-state index < -0.39 is 5.25 Å². The Morgan fingerprint density at radius 2 is 1.84 bits per heavy atom. The van der Waals surface area contributed by atoms with Gasteiger partial charge in [0.15, 0.2) is 5.17 Å². The van der Waals surface area contributed by atoms with Crippen LogP contribution in [0.4, 0.5) is 5.69 Å². The zero-order chi connectivity index (χ0) is 22.2. The highest BCUT2D eigenvalue weighted by Crippen LogP contribution is 2.32. The number of esters is 1. The number of hydrogen-bond donors (Lipinski definition) is 1. The van der Waals surface area contributed by atoms with Gasteiger partial charge in [-0.3, -0.25) is 14.5 Å². The van der Waals surface area contributed by atoms with E-state index in [0.29, 0.717) is 36.0 Å². The van der Waals surface area contributed by atoms with Gasteiger partial charge in [-0.25, -0.2) is 9.79 Å². The zero-order valence-corrected chi connectivity index (χ0v) is 18.4. The van der Waals surface area contributed by atoms with Gasteiger partial charge < -0.3 is 10.1 Å². The van der Waals surface area contributed by atoms with Gasteiger partial charge in [-0.15, -0.1) is 0 Å². The molecule has 1 heterocycles. The number of rotatable bonds is 8. The minimum absolute atomic E-state index is 0.0999. The summed E-state index contributed by atoms with van der Waals surface area (Å²) in [5, 5.41) is 2.62. The fraction of sp³-hybridized carbons (Fsp3) is 0.304. The average Bonchev–Trinajstić information content (AvgIpc) is 3.07. The molecule has 1 atom stereocenters. The minimum Gasteiger partial charge on any atom is -0.462 e. The number of thioether (sulfide) groups is 1. The predicted octanol–water partition coefficient (Wildman–Crippen LogP) is 3.17. The van der Waals surface area contributed by atoms with Crippen molar-refractivity contribution in [1.82, 2.24) is 10.2 Å². The third-order valence-electron chi connectivity index (χ3n) is 4.74. The normalized spacial score (nSPS) is 17.1. The van der Waals surface area contributed by atoms with E-state index in [0.717, 1.165) is 5.56 Å². The smallest absolute Gasteiger partial charge is 0.338 e. The molecule has 2 aromatic carbocycles. The van der Waals surface area contributed by atoms with Crippen LogP contribution in [0.15, 0.2) is 59.6 Å². The van der Waals surface area contributed by atoms with E-state index in [1.807, 2.05) is 30.3 Å². The summed E-state index contributed by atoms with van der Waals surface area (Å²) in [5.41, 5.74) is 2.18. The lowest BCUT2D eigenvalue weighted by Gasteiger charge is -2.16. The number of nitrogens with one attached hydrogen (secondary N) is 1. The molecule has 7 nitrogen and oxygen atoms in total. The first-order valence-electron chi connectivity index (χ1n) is 10.1. The number of nitrogens with zero attached hydrogens (tertiary/aromatic N) is 2. The third-order valence-corrected chi connectivity index (χ3v) is 5.92. The largest absolute Gasteiger partial charge is 0.462 e. The number of hydrogen-bond acceptors (Lipinski definition) is 6. The van der Waals surface area contributed by atoms with Crippen molar-refractivity contribution in [3.8, 4) is 0 Å². The Labute approximate surface area is 185 Å². The summed E-state index contributed by atoms with van der Waals surface area (Å²) in [5.74, 6) is -0.692. The lowest BCUT2D eigenvalue weighted by molar-refractivity contribution is -0.129. The monoisotopic (exact) mass is 439 g/mol. The van der Waals surface area contributed by atoms with Crippen LogP contribution >= 0.6 is 11.8 Å². The van der Waals surface area contributed by atoms with Crippen molar-refractivity contribution >= 4 is 40.4 Å². The third kappa shape index (κ3) is 5.95. The average molecular weight is 440 g/mol. The highest BCUT2D eigenvalue weighted by atomic mass is 32.2. The van der Waals surface area contributed by atoms with Crippen LogP contribution in [0.25, 0.3) is 0 Å². The van der Waals surface area contributed by atoms with Crippen LogP contribution in [0.2, 0.25) is 0 Å². The van der Waals surface area contributed by atoms with Crippen molar-refractivity contribution in [2.75, 3.05) is 20.2 Å². The van der Waals surface area contributed by atoms with Crippen LogP contribution in [-0.4, -0.2) is 53.3 Å². The molecule has 0 aromatic heterocycles. The summed E-state index contributed by atoms with van der Waals surface area (Å²) in [6.45, 7) is 2.54. The molecule has 1 fully saturated rings. The van der Waals surface area contributed by atoms with Crippen molar-refractivity contribution in [1.29, 1.82) is 0 Å². The van der Waals surface area contributed by atoms with E-state index in [1.165, 1.54) is 11.8 Å². The predicted molar refractivity (Wildman–Crippen MR) is 121 cm³/mol. The maximum absolute atomic E-state index is 13.0. The number of carbonyl (C=O) groups is 3. The summed E-state index contributed by atoms with van der Waals surface area (Å²) in [7, 11) is 1.56. The minimum atomic E-state index is -0.506. The quantitative estimate of drug-likeness (QED) is 0.639. The molecule has 8 heteroatoms. The van der Waals surface area contributed by atoms with Crippen LogP contribution < -0.4 is 5.32 Å². The van der Waals surface area contributed by atoms with Gasteiger partial charge in [0.25, 0.3) is 0 Å². The molecular weight excluding hydrogens is 414 g/mol. The second-order valence-corrected chi connectivity index (χ2v) is 8.04. The molecule has 0 spiro atoms. The summed E-state index contributed by atoms with van der Waals surface area (Å²) in [4.78, 5) is 42.9. The number of amidine groups is 1. The van der Waals surface area contributed by atoms with Crippen molar-refractivity contribution in [3.05, 3.63) is 65.7 Å². The lowest BCUT2D eigenvalue weighted by atomic mass is 10.1. The highest BCUT2D eigenvalue weighted by molar-refractivity contribution is 8.15. The molecule has 0 aliphatic carbocycles. The van der Waals surface area contributed by atoms with Crippen LogP contribution in [0.3, 0.4) is 0 Å². The number of ether oxygens (including phenoxy) is 1. The molecule has 2 aromatic rings. The van der Waals surface area contributed by atoms with Crippen molar-refractivity contribution in [2.24, 2.45) is 4.99 Å². The number of amides is 2. The molecule has 2 amide bonds. The molecule has 1 N–H and O–H groups in total. The summed E-state index contributed by atoms with van der Waals surface area (Å²) in [6.07, 6.45) is 0.781. The van der Waals surface area contributed by atoms with Crippen molar-refractivity contribution in [3.63, 3.8) is 0 Å². The van der Waals surface area contributed by atoms with Gasteiger partial charge in [-0.1, -0.05) is 42.1 Å². The molecule has 1 aliphatic rings. The van der Waals surface area contributed by atoms with Gasteiger partial charge in [0, 0.05) is 20.0 Å². The first kappa shape index (κ1) is 22.6. The van der Waals surface area contributed by atoms with Gasteiger partial charge >= 0.3 is 5.97 Å². The van der Waals surface area contributed by atoms with Gasteiger partial charge in [0.2, 0.25) is 11.8 Å². The van der Waals surface area contributed by atoms with Crippen molar-refractivity contribution < 1.29 is 19.1 Å². The Morgan fingerprint density at radius 1 is 1.13 bits per heavy atom. The van der Waals surface area contributed by atoms with E-state index in [9.17, 15) is 14.4 Å². The van der Waals surface area contributed by atoms with Crippen LogP contribution in [0, 0.1) is 0 Å². The van der Waals surface area contributed by atoms with E-state index in [2.05, 4.69) is 10.3 Å². The molecule has 1 aliphatic heterocycles. The maximum atomic E-state index is 13.0. The van der Waals surface area contributed by atoms with E-state index in [-0.39, 0.29) is 24.2 Å². The van der Waals surface area contributed by atoms with E-state index in [4.69, 9.17) is 4.74 Å².